The summed E-state index contributed by atoms with van der Waals surface area (Å²) < 4.78 is 28.7. The number of hydrogen-bond acceptors (Lipinski definition) is 8. The molecular formula is C23H23F2N7O4S. The third-order valence-corrected chi connectivity index (χ3v) is 8.11. The number of aromatic hydroxyl groups is 1. The van der Waals surface area contributed by atoms with E-state index >= 15 is 0 Å². The monoisotopic (exact) mass is 531 g/mol. The molecule has 14 heteroatoms. The molecule has 1 aromatic carbocycles. The summed E-state index contributed by atoms with van der Waals surface area (Å²) in [6.45, 7) is 0.650. The van der Waals surface area contributed by atoms with E-state index in [0.717, 1.165) is 23.5 Å². The fraction of sp³-hybridized carbons (Fsp3) is 0.348. The van der Waals surface area contributed by atoms with Gasteiger partial charge in [-0.3, -0.25) is 19.3 Å². The van der Waals surface area contributed by atoms with Crippen LogP contribution < -0.4 is 16.2 Å². The number of aromatic nitrogens is 3. The number of carbonyl (C=O) groups excluding carboxylic acids is 2. The number of carbonyl (C=O) groups is 2. The summed E-state index contributed by atoms with van der Waals surface area (Å²) in [6, 6.07) is 2.69. The maximum Gasteiger partial charge on any atom is 0.314 e. The van der Waals surface area contributed by atoms with E-state index in [4.69, 9.17) is 5.73 Å². The number of amides is 3. The molecule has 2 aliphatic rings. The maximum absolute atomic E-state index is 14.1. The van der Waals surface area contributed by atoms with Crippen molar-refractivity contribution in [1.29, 1.82) is 0 Å². The molecule has 0 unspecified atom stereocenters. The number of benzene rings is 1. The van der Waals surface area contributed by atoms with Gasteiger partial charge in [-0.1, -0.05) is 17.4 Å². The highest BCUT2D eigenvalue weighted by molar-refractivity contribution is 7.14. The van der Waals surface area contributed by atoms with Crippen LogP contribution in [0.1, 0.15) is 33.9 Å². The molecule has 194 valence electrons. The fourth-order valence-electron chi connectivity index (χ4n) is 4.95. The zero-order chi connectivity index (χ0) is 26.6. The average molecular weight is 532 g/mol. The Bertz CT molecular complexity index is 1480. The van der Waals surface area contributed by atoms with E-state index in [1.807, 2.05) is 0 Å². The summed E-state index contributed by atoms with van der Waals surface area (Å²) in [5, 5.41) is 21.2. The Morgan fingerprint density at radius 1 is 1.19 bits per heavy atom. The molecule has 2 aromatic heterocycles. The molecule has 0 saturated carbocycles. The highest BCUT2D eigenvalue weighted by atomic mass is 32.1. The molecule has 4 heterocycles. The summed E-state index contributed by atoms with van der Waals surface area (Å²) in [6.07, 6.45) is 2.24. The van der Waals surface area contributed by atoms with E-state index < -0.39 is 40.4 Å². The predicted molar refractivity (Wildman–Crippen MR) is 130 cm³/mol. The number of primary amides is 1. The molecule has 1 fully saturated rings. The predicted octanol–water partition coefficient (Wildman–Crippen LogP) is 1.47. The molecule has 3 amide bonds. The number of likely N-dealkylation sites (tertiary alicyclic amines) is 1. The van der Waals surface area contributed by atoms with E-state index in [9.17, 15) is 28.3 Å². The Hall–Kier alpha value is -4.07. The van der Waals surface area contributed by atoms with Crippen LogP contribution in [-0.2, 0) is 6.42 Å². The molecule has 3 N–H and O–H groups in total. The molecule has 11 nitrogen and oxygen atoms in total. The van der Waals surface area contributed by atoms with Crippen LogP contribution >= 0.6 is 11.3 Å². The van der Waals surface area contributed by atoms with Gasteiger partial charge in [-0.25, -0.2) is 13.6 Å². The quantitative estimate of drug-likeness (QED) is 0.522. The van der Waals surface area contributed by atoms with Crippen molar-refractivity contribution < 1.29 is 23.5 Å². The normalized spacial score (nSPS) is 16.9. The second-order valence-electron chi connectivity index (χ2n) is 9.02. The Balaban J connectivity index is 1.52. The minimum absolute atomic E-state index is 0.0125. The van der Waals surface area contributed by atoms with Crippen LogP contribution in [0.3, 0.4) is 0 Å². The summed E-state index contributed by atoms with van der Waals surface area (Å²) >= 11 is 1.02. The van der Waals surface area contributed by atoms with Gasteiger partial charge in [0.2, 0.25) is 5.43 Å². The first-order valence-corrected chi connectivity index (χ1v) is 12.2. The van der Waals surface area contributed by atoms with Gasteiger partial charge in [0.1, 0.15) is 22.3 Å². The highest BCUT2D eigenvalue weighted by Gasteiger charge is 2.50. The summed E-state index contributed by atoms with van der Waals surface area (Å²) in [5.74, 6) is -2.69. The van der Waals surface area contributed by atoms with Gasteiger partial charge in [0.15, 0.2) is 16.5 Å². The van der Waals surface area contributed by atoms with Crippen LogP contribution in [0, 0.1) is 11.6 Å². The third kappa shape index (κ3) is 3.87. The van der Waals surface area contributed by atoms with Crippen LogP contribution in [0.15, 0.2) is 29.2 Å². The molecule has 37 heavy (non-hydrogen) atoms. The van der Waals surface area contributed by atoms with Crippen LogP contribution in [0.25, 0.3) is 10.6 Å². The molecule has 0 aliphatic carbocycles. The number of rotatable bonds is 3. The number of pyridine rings is 1. The van der Waals surface area contributed by atoms with Crippen LogP contribution in [0.4, 0.5) is 13.6 Å². The number of nitrogens with two attached hydrogens (primary N) is 1. The summed E-state index contributed by atoms with van der Waals surface area (Å²) in [7, 11) is 3.31. The minimum Gasteiger partial charge on any atom is -0.502 e. The first kappa shape index (κ1) is 24.6. The lowest BCUT2D eigenvalue weighted by Crippen LogP contribution is -2.71. The summed E-state index contributed by atoms with van der Waals surface area (Å²) in [5.41, 5.74) is 3.82. The standard InChI is InChI=1S/C23H23F2N7O4S/c1-29-21(35)17-19(34)18(33)14(11-32(17)30(2)23(29)5-7-31(8-6-23)22(26)36)20-28-27-16(37-20)9-12-3-4-13(24)10-15(12)25/h3-4,10-11,34H,5-9H2,1-2H3,(H2,26,36). The van der Waals surface area contributed by atoms with Gasteiger partial charge in [0.25, 0.3) is 5.91 Å². The Morgan fingerprint density at radius 2 is 1.89 bits per heavy atom. The van der Waals surface area contributed by atoms with Crippen LogP contribution in [0.5, 0.6) is 5.75 Å². The zero-order valence-electron chi connectivity index (χ0n) is 19.9. The maximum atomic E-state index is 14.1. The Morgan fingerprint density at radius 3 is 2.54 bits per heavy atom. The van der Waals surface area contributed by atoms with Gasteiger partial charge < -0.3 is 20.6 Å². The van der Waals surface area contributed by atoms with E-state index in [-0.39, 0.29) is 28.2 Å². The average Bonchev–Trinajstić information content (AvgIpc) is 3.33. The number of nitrogens with zero attached hydrogens (tertiary/aromatic N) is 6. The van der Waals surface area contributed by atoms with E-state index in [2.05, 4.69) is 10.2 Å². The van der Waals surface area contributed by atoms with Gasteiger partial charge in [0.05, 0.1) is 5.56 Å². The number of halogens is 2. The number of urea groups is 1. The first-order valence-electron chi connectivity index (χ1n) is 11.4. The highest BCUT2D eigenvalue weighted by Crippen LogP contribution is 2.37. The molecule has 5 rings (SSSR count). The fourth-order valence-corrected chi connectivity index (χ4v) is 5.82. The van der Waals surface area contributed by atoms with Gasteiger partial charge in [-0.15, -0.1) is 10.2 Å². The first-order chi connectivity index (χ1) is 17.5. The van der Waals surface area contributed by atoms with E-state index in [1.54, 1.807) is 19.1 Å². The molecule has 0 radical (unpaired) electrons. The Labute approximate surface area is 213 Å². The van der Waals surface area contributed by atoms with Crippen molar-refractivity contribution in [3.63, 3.8) is 0 Å². The Kier molecular flexibility index (Phi) is 5.85. The number of hydrogen-bond donors (Lipinski definition) is 2. The third-order valence-electron chi connectivity index (χ3n) is 7.15. The largest absolute Gasteiger partial charge is 0.502 e. The second-order valence-corrected chi connectivity index (χ2v) is 10.1. The van der Waals surface area contributed by atoms with Crippen molar-refractivity contribution in [1.82, 2.24) is 24.7 Å². The second kappa shape index (κ2) is 8.80. The van der Waals surface area contributed by atoms with Crippen LogP contribution in [-0.4, -0.2) is 74.6 Å². The zero-order valence-corrected chi connectivity index (χ0v) is 20.8. The topological polar surface area (TPSA) is 138 Å². The smallest absolute Gasteiger partial charge is 0.314 e. The van der Waals surface area contributed by atoms with Gasteiger partial charge >= 0.3 is 6.03 Å². The SMILES string of the molecule is CN1C(=O)c2c(O)c(=O)c(-c3nnc(Cc4ccc(F)cc4F)s3)cn2N(C)C12CCN(C(N)=O)CC2. The molecular weight excluding hydrogens is 508 g/mol. The van der Waals surface area contributed by atoms with Gasteiger partial charge in [-0.2, -0.15) is 0 Å². The van der Waals surface area contributed by atoms with Crippen molar-refractivity contribution in [2.45, 2.75) is 24.9 Å². The molecule has 0 bridgehead atoms. The number of piperidine rings is 1. The molecule has 1 saturated heterocycles. The molecule has 2 aliphatic heterocycles. The van der Waals surface area contributed by atoms with Crippen molar-refractivity contribution >= 4 is 23.3 Å². The molecule has 0 atom stereocenters. The lowest BCUT2D eigenvalue weighted by atomic mass is 9.92. The minimum atomic E-state index is -0.832. The van der Waals surface area contributed by atoms with E-state index in [1.165, 1.54) is 26.7 Å². The van der Waals surface area contributed by atoms with Crippen molar-refractivity contribution in [3.05, 3.63) is 62.5 Å². The van der Waals surface area contributed by atoms with Crippen molar-refractivity contribution in [2.75, 3.05) is 32.2 Å². The molecule has 3 aromatic rings. The van der Waals surface area contributed by atoms with Gasteiger partial charge in [0, 0.05) is 58.7 Å². The summed E-state index contributed by atoms with van der Waals surface area (Å²) in [4.78, 5) is 41.0. The van der Waals surface area contributed by atoms with E-state index in [0.29, 0.717) is 30.9 Å². The molecule has 1 spiro atoms. The van der Waals surface area contributed by atoms with Crippen molar-refractivity contribution in [2.24, 2.45) is 5.73 Å². The number of fused-ring (bicyclic) bond motifs is 1. The lowest BCUT2D eigenvalue weighted by Gasteiger charge is -2.55. The van der Waals surface area contributed by atoms with Crippen LogP contribution in [0.2, 0.25) is 0 Å². The lowest BCUT2D eigenvalue weighted by molar-refractivity contribution is 0.0153. The van der Waals surface area contributed by atoms with Crippen molar-refractivity contribution in [3.8, 4) is 16.3 Å². The van der Waals surface area contributed by atoms with Gasteiger partial charge in [-0.05, 0) is 11.6 Å².